The second-order valence-corrected chi connectivity index (χ2v) is 4.82. The molecule has 0 aliphatic heterocycles. The molecule has 1 aromatic heterocycles. The van der Waals surface area contributed by atoms with Crippen LogP contribution in [-0.4, -0.2) is 22.8 Å². The molecule has 0 bridgehead atoms. The van der Waals surface area contributed by atoms with Crippen LogP contribution in [0.1, 0.15) is 0 Å². The number of halogens is 4. The largest absolute Gasteiger partial charge is 0.467 e. The predicted molar refractivity (Wildman–Crippen MR) is 76.5 cm³/mol. The van der Waals surface area contributed by atoms with Gasteiger partial charge in [0.1, 0.15) is 12.1 Å². The third-order valence-electron chi connectivity index (χ3n) is 3.15. The summed E-state index contributed by atoms with van der Waals surface area (Å²) in [6.45, 7) is -1.43. The second-order valence-electron chi connectivity index (χ2n) is 4.82. The van der Waals surface area contributed by atoms with E-state index in [9.17, 15) is 17.6 Å². The zero-order chi connectivity index (χ0) is 16.4. The van der Waals surface area contributed by atoms with Gasteiger partial charge < -0.3 is 4.74 Å². The fraction of sp³-hybridized carbons (Fsp3) is 0.125. The van der Waals surface area contributed by atoms with E-state index in [4.69, 9.17) is 4.74 Å². The zero-order valence-electron chi connectivity index (χ0n) is 11.6. The summed E-state index contributed by atoms with van der Waals surface area (Å²) in [4.78, 5) is 7.77. The van der Waals surface area contributed by atoms with Crippen molar-refractivity contribution in [2.45, 2.75) is 6.18 Å². The summed E-state index contributed by atoms with van der Waals surface area (Å²) < 4.78 is 54.7. The lowest BCUT2D eigenvalue weighted by molar-refractivity contribution is -0.153. The molecular formula is C16H10F4N2O. The first kappa shape index (κ1) is 15.2. The summed E-state index contributed by atoms with van der Waals surface area (Å²) in [7, 11) is 0. The molecule has 0 spiro atoms. The highest BCUT2D eigenvalue weighted by atomic mass is 19.4. The Bertz CT molecular complexity index is 832. The number of alkyl halides is 3. The summed E-state index contributed by atoms with van der Waals surface area (Å²) in [5, 5.41) is 0.360. The Morgan fingerprint density at radius 2 is 1.61 bits per heavy atom. The van der Waals surface area contributed by atoms with E-state index < -0.39 is 12.8 Å². The lowest BCUT2D eigenvalue weighted by Crippen LogP contribution is -2.19. The lowest BCUT2D eigenvalue weighted by atomic mass is 10.0. The normalized spacial score (nSPS) is 11.7. The first-order valence-electron chi connectivity index (χ1n) is 6.63. The van der Waals surface area contributed by atoms with Crippen molar-refractivity contribution in [3.05, 3.63) is 54.6 Å². The van der Waals surface area contributed by atoms with Gasteiger partial charge in [-0.05, 0) is 35.4 Å². The smallest absolute Gasteiger partial charge is 0.422 e. The lowest BCUT2D eigenvalue weighted by Gasteiger charge is -2.11. The topological polar surface area (TPSA) is 35.0 Å². The van der Waals surface area contributed by atoms with Crippen molar-refractivity contribution in [2.24, 2.45) is 0 Å². The van der Waals surface area contributed by atoms with Crippen molar-refractivity contribution < 1.29 is 22.3 Å². The van der Waals surface area contributed by atoms with Crippen LogP contribution in [0.3, 0.4) is 0 Å². The van der Waals surface area contributed by atoms with E-state index in [0.717, 1.165) is 11.9 Å². The SMILES string of the molecule is Fc1ccc(-c2ccc3ncnc(OCC(F)(F)F)c3c2)cc1. The standard InChI is InChI=1S/C16H10F4N2O/c17-12-4-1-10(2-5-12)11-3-6-14-13(7-11)15(22-9-21-14)23-8-16(18,19)20/h1-7,9H,8H2. The van der Waals surface area contributed by atoms with Crippen molar-refractivity contribution >= 4 is 10.9 Å². The number of hydrogen-bond donors (Lipinski definition) is 0. The molecule has 0 saturated heterocycles. The Hall–Kier alpha value is -2.70. The molecule has 23 heavy (non-hydrogen) atoms. The van der Waals surface area contributed by atoms with Crippen molar-refractivity contribution in [3.63, 3.8) is 0 Å². The van der Waals surface area contributed by atoms with Gasteiger partial charge in [0, 0.05) is 0 Å². The van der Waals surface area contributed by atoms with Crippen LogP contribution in [-0.2, 0) is 0 Å². The molecule has 0 atom stereocenters. The van der Waals surface area contributed by atoms with Crippen LogP contribution < -0.4 is 4.74 Å². The quantitative estimate of drug-likeness (QED) is 0.671. The molecule has 0 amide bonds. The number of nitrogens with zero attached hydrogens (tertiary/aromatic N) is 2. The van der Waals surface area contributed by atoms with Crippen molar-refractivity contribution in [2.75, 3.05) is 6.61 Å². The van der Waals surface area contributed by atoms with Gasteiger partial charge in [-0.25, -0.2) is 14.4 Å². The molecule has 0 unspecified atom stereocenters. The van der Waals surface area contributed by atoms with Crippen LogP contribution in [0.25, 0.3) is 22.0 Å². The van der Waals surface area contributed by atoms with E-state index in [1.807, 2.05) is 0 Å². The maximum Gasteiger partial charge on any atom is 0.422 e. The van der Waals surface area contributed by atoms with Gasteiger partial charge in [-0.15, -0.1) is 0 Å². The Kier molecular flexibility index (Phi) is 3.85. The Morgan fingerprint density at radius 3 is 2.30 bits per heavy atom. The van der Waals surface area contributed by atoms with E-state index in [2.05, 4.69) is 9.97 Å². The molecule has 0 saturated carbocycles. The van der Waals surface area contributed by atoms with Crippen molar-refractivity contribution in [3.8, 4) is 17.0 Å². The second kappa shape index (κ2) is 5.83. The number of hydrogen-bond acceptors (Lipinski definition) is 3. The molecule has 0 radical (unpaired) electrons. The van der Waals surface area contributed by atoms with E-state index in [1.54, 1.807) is 30.3 Å². The van der Waals surface area contributed by atoms with Crippen LogP contribution in [0, 0.1) is 5.82 Å². The molecule has 3 aromatic rings. The van der Waals surface area contributed by atoms with E-state index in [1.165, 1.54) is 12.1 Å². The Balaban J connectivity index is 2.01. The predicted octanol–water partition coefficient (Wildman–Crippen LogP) is 4.38. The number of fused-ring (bicyclic) bond motifs is 1. The van der Waals surface area contributed by atoms with E-state index in [0.29, 0.717) is 16.5 Å². The molecule has 0 N–H and O–H groups in total. The molecule has 0 aliphatic carbocycles. The van der Waals surface area contributed by atoms with Gasteiger partial charge in [-0.2, -0.15) is 13.2 Å². The molecule has 118 valence electrons. The average Bonchev–Trinajstić information content (AvgIpc) is 2.52. The summed E-state index contributed by atoms with van der Waals surface area (Å²) in [6, 6.07) is 10.8. The molecule has 3 rings (SSSR count). The maximum atomic E-state index is 13.0. The Labute approximate surface area is 128 Å². The minimum Gasteiger partial charge on any atom is -0.467 e. The van der Waals surface area contributed by atoms with Crippen LogP contribution >= 0.6 is 0 Å². The summed E-state index contributed by atoms with van der Waals surface area (Å²) in [5.41, 5.74) is 1.88. The number of aromatic nitrogens is 2. The van der Waals surface area contributed by atoms with Gasteiger partial charge in [0.05, 0.1) is 10.9 Å². The number of benzene rings is 2. The van der Waals surface area contributed by atoms with Crippen LogP contribution in [0.2, 0.25) is 0 Å². The van der Waals surface area contributed by atoms with E-state index in [-0.39, 0.29) is 11.7 Å². The minimum absolute atomic E-state index is 0.142. The third-order valence-corrected chi connectivity index (χ3v) is 3.15. The highest BCUT2D eigenvalue weighted by molar-refractivity contribution is 5.88. The first-order chi connectivity index (χ1) is 10.9. The van der Waals surface area contributed by atoms with Gasteiger partial charge in [0.2, 0.25) is 5.88 Å². The molecular weight excluding hydrogens is 312 g/mol. The van der Waals surface area contributed by atoms with E-state index >= 15 is 0 Å². The van der Waals surface area contributed by atoms with Crippen molar-refractivity contribution in [1.82, 2.24) is 9.97 Å². The van der Waals surface area contributed by atoms with Gasteiger partial charge in [0.15, 0.2) is 6.61 Å². The third kappa shape index (κ3) is 3.56. The van der Waals surface area contributed by atoms with Gasteiger partial charge >= 0.3 is 6.18 Å². The fourth-order valence-electron chi connectivity index (χ4n) is 2.12. The summed E-state index contributed by atoms with van der Waals surface area (Å²) in [6.07, 6.45) is -3.31. The molecule has 1 heterocycles. The molecule has 0 fully saturated rings. The monoisotopic (exact) mass is 322 g/mol. The minimum atomic E-state index is -4.45. The summed E-state index contributed by atoms with van der Waals surface area (Å²) in [5.74, 6) is -0.511. The van der Waals surface area contributed by atoms with Crippen LogP contribution in [0.4, 0.5) is 17.6 Å². The number of ether oxygens (including phenoxy) is 1. The molecule has 0 aliphatic rings. The number of rotatable bonds is 3. The first-order valence-corrected chi connectivity index (χ1v) is 6.63. The maximum absolute atomic E-state index is 13.0. The molecule has 2 aromatic carbocycles. The van der Waals surface area contributed by atoms with Crippen LogP contribution in [0.5, 0.6) is 5.88 Å². The highest BCUT2D eigenvalue weighted by Crippen LogP contribution is 2.29. The van der Waals surface area contributed by atoms with Crippen molar-refractivity contribution in [1.29, 1.82) is 0 Å². The zero-order valence-corrected chi connectivity index (χ0v) is 11.6. The van der Waals surface area contributed by atoms with Crippen LogP contribution in [0.15, 0.2) is 48.8 Å². The Morgan fingerprint density at radius 1 is 0.913 bits per heavy atom. The molecule has 3 nitrogen and oxygen atoms in total. The average molecular weight is 322 g/mol. The summed E-state index contributed by atoms with van der Waals surface area (Å²) >= 11 is 0. The van der Waals surface area contributed by atoms with Gasteiger partial charge in [0.25, 0.3) is 0 Å². The highest BCUT2D eigenvalue weighted by Gasteiger charge is 2.29. The molecule has 7 heteroatoms. The fourth-order valence-corrected chi connectivity index (χ4v) is 2.12. The van der Waals surface area contributed by atoms with Gasteiger partial charge in [-0.1, -0.05) is 18.2 Å². The van der Waals surface area contributed by atoms with Gasteiger partial charge in [-0.3, -0.25) is 0 Å².